The number of rotatable bonds is 5. The van der Waals surface area contributed by atoms with Crippen LogP contribution in [0.15, 0.2) is 4.21 Å². The van der Waals surface area contributed by atoms with E-state index in [1.807, 2.05) is 13.0 Å². The molecule has 0 aromatic carbocycles. The maximum atomic E-state index is 12.0. The molecule has 0 aliphatic carbocycles. The van der Waals surface area contributed by atoms with E-state index in [9.17, 15) is 8.42 Å². The number of nitrogens with zero attached hydrogens (tertiary/aromatic N) is 2. The van der Waals surface area contributed by atoms with Gasteiger partial charge in [-0.2, -0.15) is 5.26 Å². The molecule has 5 nitrogen and oxygen atoms in total. The van der Waals surface area contributed by atoms with E-state index in [4.69, 9.17) is 16.9 Å². The van der Waals surface area contributed by atoms with E-state index in [1.54, 1.807) is 6.92 Å². The van der Waals surface area contributed by atoms with Crippen molar-refractivity contribution < 1.29 is 8.42 Å². The van der Waals surface area contributed by atoms with Crippen LogP contribution in [0.4, 0.5) is 0 Å². The molecule has 8 heteroatoms. The Hall–Kier alpha value is -0.680. The van der Waals surface area contributed by atoms with Gasteiger partial charge in [0.1, 0.15) is 0 Å². The molecular formula is C9H12ClN3O2S2. The van der Waals surface area contributed by atoms with Crippen molar-refractivity contribution in [2.45, 2.75) is 36.9 Å². The Morgan fingerprint density at radius 3 is 2.71 bits per heavy atom. The Bertz CT molecular complexity index is 533. The number of hydrogen-bond donors (Lipinski definition) is 1. The molecule has 0 aliphatic heterocycles. The molecular weight excluding hydrogens is 282 g/mol. The first-order valence-electron chi connectivity index (χ1n) is 4.93. The predicted molar refractivity (Wildman–Crippen MR) is 66.5 cm³/mol. The standard InChI is InChI=1S/C9H12ClN3O2S2/c1-3-7(4-5-11)13-17(14,15)8-6(2)12-9(10)16-8/h7,13H,3-4H2,1-2H3. The van der Waals surface area contributed by atoms with Crippen LogP contribution in [0.5, 0.6) is 0 Å². The van der Waals surface area contributed by atoms with Gasteiger partial charge in [0.2, 0.25) is 0 Å². The summed E-state index contributed by atoms with van der Waals surface area (Å²) in [6.45, 7) is 3.40. The first kappa shape index (κ1) is 14.4. The maximum absolute atomic E-state index is 12.0. The van der Waals surface area contributed by atoms with Crippen LogP contribution in [0.1, 0.15) is 25.5 Å². The lowest BCUT2D eigenvalue weighted by molar-refractivity contribution is 0.544. The van der Waals surface area contributed by atoms with Gasteiger partial charge in [-0.1, -0.05) is 29.9 Å². The Morgan fingerprint density at radius 1 is 1.65 bits per heavy atom. The Labute approximate surface area is 109 Å². The fourth-order valence-electron chi connectivity index (χ4n) is 1.25. The minimum atomic E-state index is -3.63. The fraction of sp³-hybridized carbons (Fsp3) is 0.556. The van der Waals surface area contributed by atoms with Gasteiger partial charge in [0.15, 0.2) is 8.68 Å². The zero-order valence-electron chi connectivity index (χ0n) is 9.40. The highest BCUT2D eigenvalue weighted by atomic mass is 35.5. The van der Waals surface area contributed by atoms with Crippen molar-refractivity contribution in [2.75, 3.05) is 0 Å². The molecule has 0 amide bonds. The average molecular weight is 294 g/mol. The molecule has 0 bridgehead atoms. The highest BCUT2D eigenvalue weighted by Gasteiger charge is 2.24. The second-order valence-electron chi connectivity index (χ2n) is 3.43. The van der Waals surface area contributed by atoms with E-state index in [-0.39, 0.29) is 21.1 Å². The molecule has 0 radical (unpaired) electrons. The third-order valence-electron chi connectivity index (χ3n) is 2.12. The Balaban J connectivity index is 2.97. The van der Waals surface area contributed by atoms with Gasteiger partial charge >= 0.3 is 0 Å². The van der Waals surface area contributed by atoms with E-state index in [1.165, 1.54) is 0 Å². The first-order valence-corrected chi connectivity index (χ1v) is 7.60. The highest BCUT2D eigenvalue weighted by molar-refractivity contribution is 7.91. The van der Waals surface area contributed by atoms with Crippen LogP contribution in [-0.4, -0.2) is 19.4 Å². The second-order valence-corrected chi connectivity index (χ2v) is 6.92. The van der Waals surface area contributed by atoms with E-state index in [0.29, 0.717) is 12.1 Å². The average Bonchev–Trinajstić information content (AvgIpc) is 2.57. The van der Waals surface area contributed by atoms with Gasteiger partial charge in [0, 0.05) is 6.04 Å². The normalized spacial score (nSPS) is 13.3. The largest absolute Gasteiger partial charge is 0.252 e. The van der Waals surface area contributed by atoms with Crippen molar-refractivity contribution in [3.63, 3.8) is 0 Å². The molecule has 1 aromatic heterocycles. The molecule has 0 saturated carbocycles. The third-order valence-corrected chi connectivity index (χ3v) is 5.52. The summed E-state index contributed by atoms with van der Waals surface area (Å²) in [5.41, 5.74) is 0.374. The van der Waals surface area contributed by atoms with Crippen LogP contribution in [-0.2, 0) is 10.0 Å². The molecule has 1 atom stereocenters. The van der Waals surface area contributed by atoms with Crippen molar-refractivity contribution in [2.24, 2.45) is 0 Å². The highest BCUT2D eigenvalue weighted by Crippen LogP contribution is 2.26. The van der Waals surface area contributed by atoms with Crippen molar-refractivity contribution in [1.29, 1.82) is 5.26 Å². The van der Waals surface area contributed by atoms with Gasteiger partial charge in [0.05, 0.1) is 18.2 Å². The first-order chi connectivity index (χ1) is 7.90. The monoisotopic (exact) mass is 293 g/mol. The number of aryl methyl sites for hydroxylation is 1. The summed E-state index contributed by atoms with van der Waals surface area (Å²) < 4.78 is 26.8. The summed E-state index contributed by atoms with van der Waals surface area (Å²) in [4.78, 5) is 3.86. The van der Waals surface area contributed by atoms with E-state index in [0.717, 1.165) is 11.3 Å². The molecule has 0 fully saturated rings. The van der Waals surface area contributed by atoms with Crippen LogP contribution in [0, 0.1) is 18.3 Å². The van der Waals surface area contributed by atoms with Gasteiger partial charge in [-0.25, -0.2) is 18.1 Å². The molecule has 1 N–H and O–H groups in total. The van der Waals surface area contributed by atoms with Gasteiger partial charge in [0.25, 0.3) is 10.0 Å². The minimum absolute atomic E-state index is 0.110. The van der Waals surface area contributed by atoms with E-state index in [2.05, 4.69) is 9.71 Å². The molecule has 1 unspecified atom stereocenters. The zero-order chi connectivity index (χ0) is 13.1. The van der Waals surface area contributed by atoms with Crippen LogP contribution in [0.25, 0.3) is 0 Å². The van der Waals surface area contributed by atoms with E-state index < -0.39 is 10.0 Å². The third kappa shape index (κ3) is 3.64. The van der Waals surface area contributed by atoms with Gasteiger partial charge in [-0.15, -0.1) is 0 Å². The van der Waals surface area contributed by atoms with Gasteiger partial charge in [-0.3, -0.25) is 0 Å². The second kappa shape index (κ2) is 5.78. The molecule has 0 spiro atoms. The fourth-order valence-corrected chi connectivity index (χ4v) is 4.33. The number of aromatic nitrogens is 1. The summed E-state index contributed by atoms with van der Waals surface area (Å²) >= 11 is 6.58. The number of nitrogens with one attached hydrogen (secondary N) is 1. The maximum Gasteiger partial charge on any atom is 0.252 e. The topological polar surface area (TPSA) is 82.9 Å². The smallest absolute Gasteiger partial charge is 0.229 e. The Kier molecular flexibility index (Phi) is 4.89. The van der Waals surface area contributed by atoms with E-state index >= 15 is 0 Å². The molecule has 17 heavy (non-hydrogen) atoms. The van der Waals surface area contributed by atoms with Gasteiger partial charge < -0.3 is 0 Å². The molecule has 0 saturated heterocycles. The molecule has 1 aromatic rings. The molecule has 1 heterocycles. The number of sulfonamides is 1. The quantitative estimate of drug-likeness (QED) is 0.901. The summed E-state index contributed by atoms with van der Waals surface area (Å²) in [6.07, 6.45) is 0.694. The number of nitriles is 1. The van der Waals surface area contributed by atoms with Crippen molar-refractivity contribution >= 4 is 33.0 Å². The lowest BCUT2D eigenvalue weighted by Crippen LogP contribution is -2.34. The SMILES string of the molecule is CCC(CC#N)NS(=O)(=O)c1sc(Cl)nc1C. The summed E-state index contributed by atoms with van der Waals surface area (Å²) in [5.74, 6) is 0. The lowest BCUT2D eigenvalue weighted by atomic mass is 10.2. The minimum Gasteiger partial charge on any atom is -0.229 e. The van der Waals surface area contributed by atoms with Crippen LogP contribution in [0.2, 0.25) is 4.47 Å². The van der Waals surface area contributed by atoms with Crippen LogP contribution in [0.3, 0.4) is 0 Å². The molecule has 94 valence electrons. The summed E-state index contributed by atoms with van der Waals surface area (Å²) in [7, 11) is -3.63. The number of thiazole rings is 1. The molecule has 0 aliphatic rings. The summed E-state index contributed by atoms with van der Waals surface area (Å²) in [6, 6.07) is 1.56. The zero-order valence-corrected chi connectivity index (χ0v) is 11.8. The van der Waals surface area contributed by atoms with Crippen LogP contribution < -0.4 is 4.72 Å². The lowest BCUT2D eigenvalue weighted by Gasteiger charge is -2.12. The Morgan fingerprint density at radius 2 is 2.29 bits per heavy atom. The van der Waals surface area contributed by atoms with Crippen molar-refractivity contribution in [1.82, 2.24) is 9.71 Å². The van der Waals surface area contributed by atoms with Crippen molar-refractivity contribution in [3.05, 3.63) is 10.2 Å². The number of halogens is 1. The predicted octanol–water partition coefficient (Wildman–Crippen LogP) is 2.08. The van der Waals surface area contributed by atoms with Crippen LogP contribution >= 0.6 is 22.9 Å². The van der Waals surface area contributed by atoms with Gasteiger partial charge in [-0.05, 0) is 13.3 Å². The number of hydrogen-bond acceptors (Lipinski definition) is 5. The molecule has 1 rings (SSSR count). The summed E-state index contributed by atoms with van der Waals surface area (Å²) in [5, 5.41) is 8.58. The van der Waals surface area contributed by atoms with Crippen molar-refractivity contribution in [3.8, 4) is 6.07 Å².